The lowest BCUT2D eigenvalue weighted by atomic mass is 9.85. The topological polar surface area (TPSA) is 43.7 Å². The molecular formula is C30H31NO2. The Kier molecular flexibility index (Phi) is 5.90. The smallest absolute Gasteiger partial charge is 0.142 e. The normalized spacial score (nSPS) is 11.4. The SMILES string of the molecule is Cc1cc(N(C)c2ccccc2-c2cccc(-c3ccccc3)c2O)c(O)c(C(C)(C)C)c1. The van der Waals surface area contributed by atoms with Crippen LogP contribution < -0.4 is 4.90 Å². The van der Waals surface area contributed by atoms with Crippen LogP contribution in [0.5, 0.6) is 11.5 Å². The van der Waals surface area contributed by atoms with Crippen molar-refractivity contribution in [1.82, 2.24) is 0 Å². The van der Waals surface area contributed by atoms with E-state index in [2.05, 4.69) is 20.8 Å². The Hall–Kier alpha value is -3.72. The van der Waals surface area contributed by atoms with Crippen molar-refractivity contribution < 1.29 is 10.2 Å². The van der Waals surface area contributed by atoms with Gasteiger partial charge in [0.1, 0.15) is 11.5 Å². The number of hydrogen-bond acceptors (Lipinski definition) is 3. The van der Waals surface area contributed by atoms with Gasteiger partial charge in [-0.05, 0) is 35.6 Å². The third-order valence-corrected chi connectivity index (χ3v) is 6.08. The van der Waals surface area contributed by atoms with Gasteiger partial charge in [-0.25, -0.2) is 0 Å². The van der Waals surface area contributed by atoms with E-state index in [9.17, 15) is 10.2 Å². The zero-order valence-corrected chi connectivity index (χ0v) is 19.9. The molecule has 0 amide bonds. The van der Waals surface area contributed by atoms with E-state index in [-0.39, 0.29) is 16.9 Å². The van der Waals surface area contributed by atoms with Crippen molar-refractivity contribution in [1.29, 1.82) is 0 Å². The van der Waals surface area contributed by atoms with E-state index < -0.39 is 0 Å². The summed E-state index contributed by atoms with van der Waals surface area (Å²) in [5, 5.41) is 22.5. The highest BCUT2D eigenvalue weighted by molar-refractivity contribution is 5.90. The summed E-state index contributed by atoms with van der Waals surface area (Å²) < 4.78 is 0. The van der Waals surface area contributed by atoms with Crippen LogP contribution in [0.25, 0.3) is 22.3 Å². The van der Waals surface area contributed by atoms with Crippen molar-refractivity contribution in [2.24, 2.45) is 0 Å². The summed E-state index contributed by atoms with van der Waals surface area (Å²) in [7, 11) is 1.96. The van der Waals surface area contributed by atoms with Gasteiger partial charge in [-0.2, -0.15) is 0 Å². The van der Waals surface area contributed by atoms with E-state index in [1.165, 1.54) is 0 Å². The average molecular weight is 438 g/mol. The maximum absolute atomic E-state index is 11.3. The summed E-state index contributed by atoms with van der Waals surface area (Å²) in [6.45, 7) is 8.36. The lowest BCUT2D eigenvalue weighted by Gasteiger charge is -2.28. The minimum absolute atomic E-state index is 0.187. The Balaban J connectivity index is 1.87. The molecule has 0 aliphatic rings. The Bertz CT molecular complexity index is 1290. The van der Waals surface area contributed by atoms with Crippen LogP contribution in [0.3, 0.4) is 0 Å². The maximum atomic E-state index is 11.3. The van der Waals surface area contributed by atoms with Crippen molar-refractivity contribution in [2.45, 2.75) is 33.1 Å². The Morgan fingerprint density at radius 2 is 1.24 bits per heavy atom. The first-order valence-electron chi connectivity index (χ1n) is 11.2. The number of benzene rings is 4. The lowest BCUT2D eigenvalue weighted by Crippen LogP contribution is -2.16. The lowest BCUT2D eigenvalue weighted by molar-refractivity contribution is 0.447. The number of phenols is 2. The molecule has 4 rings (SSSR count). The van der Waals surface area contributed by atoms with Gasteiger partial charge in [0.2, 0.25) is 0 Å². The molecule has 3 heteroatoms. The number of aromatic hydroxyl groups is 2. The molecule has 4 aromatic rings. The summed E-state index contributed by atoms with van der Waals surface area (Å²) in [6.07, 6.45) is 0. The summed E-state index contributed by atoms with van der Waals surface area (Å²) >= 11 is 0. The molecule has 0 heterocycles. The second kappa shape index (κ2) is 8.67. The minimum atomic E-state index is -0.187. The molecule has 0 saturated heterocycles. The Morgan fingerprint density at radius 3 is 1.94 bits per heavy atom. The molecule has 0 fully saturated rings. The van der Waals surface area contributed by atoms with Crippen molar-refractivity contribution >= 4 is 11.4 Å². The zero-order valence-electron chi connectivity index (χ0n) is 19.9. The van der Waals surface area contributed by atoms with E-state index >= 15 is 0 Å². The molecule has 0 aliphatic heterocycles. The number of anilines is 2. The monoisotopic (exact) mass is 437 g/mol. The number of phenolic OH excluding ortho intramolecular Hbond substituents is 2. The van der Waals surface area contributed by atoms with E-state index in [0.29, 0.717) is 0 Å². The number of aryl methyl sites for hydroxylation is 1. The molecule has 33 heavy (non-hydrogen) atoms. The van der Waals surface area contributed by atoms with Crippen LogP contribution in [0.15, 0.2) is 84.9 Å². The van der Waals surface area contributed by atoms with Crippen molar-refractivity contribution in [3.05, 3.63) is 96.1 Å². The van der Waals surface area contributed by atoms with E-state index in [1.807, 2.05) is 104 Å². The molecular weight excluding hydrogens is 406 g/mol. The van der Waals surface area contributed by atoms with Crippen molar-refractivity contribution in [3.63, 3.8) is 0 Å². The standard InChI is InChI=1S/C30H31NO2/c1-20-18-25(30(2,3)4)29(33)27(19-20)31(5)26-17-10-9-14-23(26)24-16-11-15-22(28(24)32)21-12-7-6-8-13-21/h6-19,32-33H,1-5H3. The van der Waals surface area contributed by atoms with Crippen molar-refractivity contribution in [3.8, 4) is 33.8 Å². The highest BCUT2D eigenvalue weighted by atomic mass is 16.3. The van der Waals surface area contributed by atoms with Gasteiger partial charge in [0, 0.05) is 35.0 Å². The van der Waals surface area contributed by atoms with Gasteiger partial charge in [0.05, 0.1) is 5.69 Å². The molecule has 3 nitrogen and oxygen atoms in total. The number of para-hydroxylation sites is 2. The van der Waals surface area contributed by atoms with E-state index in [0.717, 1.165) is 44.8 Å². The molecule has 0 atom stereocenters. The van der Waals surface area contributed by atoms with Gasteiger partial charge in [-0.3, -0.25) is 0 Å². The summed E-state index contributed by atoms with van der Waals surface area (Å²) in [4.78, 5) is 2.00. The average Bonchev–Trinajstić information content (AvgIpc) is 2.80. The largest absolute Gasteiger partial charge is 0.507 e. The third kappa shape index (κ3) is 4.31. The molecule has 4 aromatic carbocycles. The zero-order chi connectivity index (χ0) is 23.8. The maximum Gasteiger partial charge on any atom is 0.142 e. The quantitative estimate of drug-likeness (QED) is 0.342. The highest BCUT2D eigenvalue weighted by Gasteiger charge is 2.24. The second-order valence-corrected chi connectivity index (χ2v) is 9.57. The fourth-order valence-electron chi connectivity index (χ4n) is 4.32. The van der Waals surface area contributed by atoms with Gasteiger partial charge in [0.15, 0.2) is 0 Å². The number of rotatable bonds is 4. The van der Waals surface area contributed by atoms with Crippen molar-refractivity contribution in [2.75, 3.05) is 11.9 Å². The van der Waals surface area contributed by atoms with E-state index in [1.54, 1.807) is 0 Å². The molecule has 0 radical (unpaired) electrons. The van der Waals surface area contributed by atoms with Crippen LogP contribution in [-0.4, -0.2) is 17.3 Å². The van der Waals surface area contributed by atoms with Crippen LogP contribution in [0.4, 0.5) is 11.4 Å². The van der Waals surface area contributed by atoms with Crippen LogP contribution >= 0.6 is 0 Å². The summed E-state index contributed by atoms with van der Waals surface area (Å²) in [6, 6.07) is 27.8. The molecule has 0 aliphatic carbocycles. The molecule has 168 valence electrons. The van der Waals surface area contributed by atoms with Crippen LogP contribution in [0.2, 0.25) is 0 Å². The summed E-state index contributed by atoms with van der Waals surface area (Å²) in [5.41, 5.74) is 6.86. The molecule has 0 unspecified atom stereocenters. The molecule has 0 spiro atoms. The summed E-state index contributed by atoms with van der Waals surface area (Å²) in [5.74, 6) is 0.529. The molecule has 0 bridgehead atoms. The third-order valence-electron chi connectivity index (χ3n) is 6.08. The Morgan fingerprint density at radius 1 is 0.636 bits per heavy atom. The Labute approximate surface area is 196 Å². The first-order valence-corrected chi connectivity index (χ1v) is 11.2. The van der Waals surface area contributed by atoms with Gasteiger partial charge >= 0.3 is 0 Å². The molecule has 0 saturated carbocycles. The number of nitrogens with zero attached hydrogens (tertiary/aromatic N) is 1. The minimum Gasteiger partial charge on any atom is -0.507 e. The predicted octanol–water partition coefficient (Wildman–Crippen LogP) is 7.81. The van der Waals surface area contributed by atoms with Crippen LogP contribution in [-0.2, 0) is 5.41 Å². The van der Waals surface area contributed by atoms with Gasteiger partial charge < -0.3 is 15.1 Å². The first kappa shape index (κ1) is 22.5. The molecule has 0 aromatic heterocycles. The van der Waals surface area contributed by atoms with Gasteiger partial charge in [-0.1, -0.05) is 93.6 Å². The number of hydrogen-bond donors (Lipinski definition) is 2. The van der Waals surface area contributed by atoms with Crippen LogP contribution in [0, 0.1) is 6.92 Å². The van der Waals surface area contributed by atoms with E-state index in [4.69, 9.17) is 0 Å². The second-order valence-electron chi connectivity index (χ2n) is 9.57. The fraction of sp³-hybridized carbons (Fsp3) is 0.200. The van der Waals surface area contributed by atoms with Gasteiger partial charge in [-0.15, -0.1) is 0 Å². The van der Waals surface area contributed by atoms with Crippen LogP contribution in [0.1, 0.15) is 31.9 Å². The molecule has 2 N–H and O–H groups in total. The predicted molar refractivity (Wildman–Crippen MR) is 139 cm³/mol. The first-order chi connectivity index (χ1) is 15.7. The fourth-order valence-corrected chi connectivity index (χ4v) is 4.32. The van der Waals surface area contributed by atoms with Gasteiger partial charge in [0.25, 0.3) is 0 Å². The highest BCUT2D eigenvalue weighted by Crippen LogP contribution is 2.45.